The van der Waals surface area contributed by atoms with Crippen LogP contribution in [-0.2, 0) is 0 Å². The molecule has 0 spiro atoms. The minimum absolute atomic E-state index is 0.537. The van der Waals surface area contributed by atoms with Gasteiger partial charge in [-0.2, -0.15) is 5.10 Å². The second-order valence-electron chi connectivity index (χ2n) is 5.26. The maximum absolute atomic E-state index is 6.31. The number of fused-ring (bicyclic) bond motifs is 3. The molecular weight excluding hydrogens is 272 g/mol. The maximum atomic E-state index is 6.31. The Hall–Kier alpha value is -1.65. The Morgan fingerprint density at radius 3 is 2.90 bits per heavy atom. The zero-order valence-corrected chi connectivity index (χ0v) is 11.8. The van der Waals surface area contributed by atoms with Gasteiger partial charge in [-0.05, 0) is 44.1 Å². The van der Waals surface area contributed by atoms with Crippen molar-refractivity contribution in [3.8, 4) is 0 Å². The molecule has 3 aromatic rings. The number of nitrogens with one attached hydrogen (secondary N) is 1. The van der Waals surface area contributed by atoms with E-state index in [1.54, 1.807) is 0 Å². The molecule has 0 amide bonds. The molecule has 5 heteroatoms. The van der Waals surface area contributed by atoms with E-state index in [1.807, 2.05) is 28.9 Å². The summed E-state index contributed by atoms with van der Waals surface area (Å²) >= 11 is 6.31. The SMILES string of the molecule is Clc1cccc2nn3c(C4CCNCC4)ccnc3c12. The van der Waals surface area contributed by atoms with Crippen LogP contribution in [0.1, 0.15) is 24.5 Å². The van der Waals surface area contributed by atoms with E-state index in [-0.39, 0.29) is 0 Å². The summed E-state index contributed by atoms with van der Waals surface area (Å²) in [7, 11) is 0. The van der Waals surface area contributed by atoms with Gasteiger partial charge in [-0.3, -0.25) is 0 Å². The van der Waals surface area contributed by atoms with E-state index in [4.69, 9.17) is 16.7 Å². The zero-order valence-electron chi connectivity index (χ0n) is 11.0. The molecule has 2 aromatic heterocycles. The van der Waals surface area contributed by atoms with Gasteiger partial charge in [0, 0.05) is 17.8 Å². The molecule has 20 heavy (non-hydrogen) atoms. The highest BCUT2D eigenvalue weighted by molar-refractivity contribution is 6.36. The highest BCUT2D eigenvalue weighted by atomic mass is 35.5. The molecule has 102 valence electrons. The molecular formula is C15H15ClN4. The average molecular weight is 287 g/mol. The monoisotopic (exact) mass is 286 g/mol. The summed E-state index contributed by atoms with van der Waals surface area (Å²) in [5.74, 6) is 0.537. The third kappa shape index (κ3) is 1.79. The number of aromatic nitrogens is 3. The second kappa shape index (κ2) is 4.72. The summed E-state index contributed by atoms with van der Waals surface area (Å²) in [5, 5.41) is 9.77. The van der Waals surface area contributed by atoms with E-state index in [1.165, 1.54) is 5.69 Å². The van der Waals surface area contributed by atoms with E-state index >= 15 is 0 Å². The smallest absolute Gasteiger partial charge is 0.164 e. The van der Waals surface area contributed by atoms with Crippen LogP contribution in [0.3, 0.4) is 0 Å². The molecule has 0 atom stereocenters. The summed E-state index contributed by atoms with van der Waals surface area (Å²) in [5.41, 5.74) is 3.01. The van der Waals surface area contributed by atoms with Crippen molar-refractivity contribution in [3.05, 3.63) is 41.2 Å². The predicted octanol–water partition coefficient (Wildman–Crippen LogP) is 3.00. The van der Waals surface area contributed by atoms with Crippen LogP contribution in [0, 0.1) is 0 Å². The Morgan fingerprint density at radius 2 is 2.05 bits per heavy atom. The maximum Gasteiger partial charge on any atom is 0.164 e. The van der Waals surface area contributed by atoms with Gasteiger partial charge < -0.3 is 5.32 Å². The van der Waals surface area contributed by atoms with E-state index in [0.717, 1.165) is 42.5 Å². The molecule has 0 saturated carbocycles. The van der Waals surface area contributed by atoms with Gasteiger partial charge in [-0.1, -0.05) is 17.7 Å². The first-order valence-electron chi connectivity index (χ1n) is 6.97. The summed E-state index contributed by atoms with van der Waals surface area (Å²) in [6.45, 7) is 2.13. The third-order valence-corrected chi connectivity index (χ3v) is 4.38. The lowest BCUT2D eigenvalue weighted by Crippen LogP contribution is -2.27. The van der Waals surface area contributed by atoms with Crippen molar-refractivity contribution >= 4 is 28.2 Å². The van der Waals surface area contributed by atoms with Gasteiger partial charge in [0.25, 0.3) is 0 Å². The lowest BCUT2D eigenvalue weighted by molar-refractivity contribution is 0.447. The van der Waals surface area contributed by atoms with Crippen molar-refractivity contribution in [2.24, 2.45) is 0 Å². The highest BCUT2D eigenvalue weighted by Crippen LogP contribution is 2.30. The molecule has 4 rings (SSSR count). The summed E-state index contributed by atoms with van der Waals surface area (Å²) in [6, 6.07) is 7.90. The van der Waals surface area contributed by atoms with E-state index in [9.17, 15) is 0 Å². The molecule has 1 aromatic carbocycles. The fourth-order valence-electron chi connectivity index (χ4n) is 3.06. The van der Waals surface area contributed by atoms with Crippen molar-refractivity contribution in [1.29, 1.82) is 0 Å². The number of piperidine rings is 1. The molecule has 0 aliphatic carbocycles. The Kier molecular flexibility index (Phi) is 2.86. The van der Waals surface area contributed by atoms with E-state index in [0.29, 0.717) is 10.9 Å². The summed E-state index contributed by atoms with van der Waals surface area (Å²) in [4.78, 5) is 4.49. The molecule has 1 N–H and O–H groups in total. The quantitative estimate of drug-likeness (QED) is 0.748. The van der Waals surface area contributed by atoms with Gasteiger partial charge in [-0.25, -0.2) is 9.50 Å². The minimum atomic E-state index is 0.537. The van der Waals surface area contributed by atoms with Gasteiger partial charge in [0.15, 0.2) is 5.65 Å². The third-order valence-electron chi connectivity index (χ3n) is 4.07. The minimum Gasteiger partial charge on any atom is -0.317 e. The Morgan fingerprint density at radius 1 is 1.20 bits per heavy atom. The number of halogens is 1. The van der Waals surface area contributed by atoms with Crippen LogP contribution in [0.25, 0.3) is 16.6 Å². The molecule has 1 saturated heterocycles. The Labute approximate surface area is 121 Å². The van der Waals surface area contributed by atoms with Crippen LogP contribution in [0.4, 0.5) is 0 Å². The number of nitrogens with zero attached hydrogens (tertiary/aromatic N) is 3. The van der Waals surface area contributed by atoms with Gasteiger partial charge in [-0.15, -0.1) is 0 Å². The Balaban J connectivity index is 1.98. The first kappa shape index (κ1) is 12.1. The number of benzene rings is 1. The van der Waals surface area contributed by atoms with Gasteiger partial charge in [0.05, 0.1) is 15.9 Å². The van der Waals surface area contributed by atoms with Gasteiger partial charge >= 0.3 is 0 Å². The van der Waals surface area contributed by atoms with Crippen molar-refractivity contribution in [3.63, 3.8) is 0 Å². The fourth-order valence-corrected chi connectivity index (χ4v) is 3.31. The van der Waals surface area contributed by atoms with Gasteiger partial charge in [0.1, 0.15) is 0 Å². The average Bonchev–Trinajstić information content (AvgIpc) is 2.88. The summed E-state index contributed by atoms with van der Waals surface area (Å²) < 4.78 is 1.98. The molecule has 1 fully saturated rings. The highest BCUT2D eigenvalue weighted by Gasteiger charge is 2.20. The van der Waals surface area contributed by atoms with Crippen molar-refractivity contribution in [1.82, 2.24) is 19.9 Å². The van der Waals surface area contributed by atoms with Crippen LogP contribution in [0.2, 0.25) is 5.02 Å². The van der Waals surface area contributed by atoms with E-state index < -0.39 is 0 Å². The topological polar surface area (TPSA) is 42.2 Å². The predicted molar refractivity (Wildman–Crippen MR) is 80.3 cm³/mol. The first-order chi connectivity index (χ1) is 9.84. The second-order valence-corrected chi connectivity index (χ2v) is 5.67. The lowest BCUT2D eigenvalue weighted by atomic mass is 9.94. The van der Waals surface area contributed by atoms with E-state index in [2.05, 4.69) is 16.4 Å². The van der Waals surface area contributed by atoms with Crippen LogP contribution in [0.5, 0.6) is 0 Å². The number of rotatable bonds is 1. The Bertz CT molecular complexity index is 774. The number of hydrogen-bond donors (Lipinski definition) is 1. The lowest BCUT2D eigenvalue weighted by Gasteiger charge is -2.23. The normalized spacial score (nSPS) is 17.1. The fraction of sp³-hybridized carbons (Fsp3) is 0.333. The zero-order chi connectivity index (χ0) is 13.5. The molecule has 0 radical (unpaired) electrons. The molecule has 1 aliphatic rings. The molecule has 4 nitrogen and oxygen atoms in total. The molecule has 1 aliphatic heterocycles. The summed E-state index contributed by atoms with van der Waals surface area (Å²) in [6.07, 6.45) is 4.16. The first-order valence-corrected chi connectivity index (χ1v) is 7.35. The largest absolute Gasteiger partial charge is 0.317 e. The van der Waals surface area contributed by atoms with Crippen LogP contribution >= 0.6 is 11.6 Å². The standard InChI is InChI=1S/C15H15ClN4/c16-11-2-1-3-12-14(11)15-18-9-6-13(20(15)19-12)10-4-7-17-8-5-10/h1-3,6,9-10,17H,4-5,7-8H2. The van der Waals surface area contributed by atoms with Crippen LogP contribution < -0.4 is 5.32 Å². The molecule has 0 bridgehead atoms. The molecule has 0 unspecified atom stereocenters. The van der Waals surface area contributed by atoms with Crippen molar-refractivity contribution < 1.29 is 0 Å². The number of hydrogen-bond acceptors (Lipinski definition) is 3. The molecule has 3 heterocycles. The van der Waals surface area contributed by atoms with Crippen molar-refractivity contribution in [2.75, 3.05) is 13.1 Å². The van der Waals surface area contributed by atoms with Crippen molar-refractivity contribution in [2.45, 2.75) is 18.8 Å². The van der Waals surface area contributed by atoms with Crippen LogP contribution in [0.15, 0.2) is 30.5 Å². The van der Waals surface area contributed by atoms with Gasteiger partial charge in [0.2, 0.25) is 0 Å². The van der Waals surface area contributed by atoms with Crippen LogP contribution in [-0.4, -0.2) is 27.7 Å².